The molecule has 1 atom stereocenters. The minimum absolute atomic E-state index is 0.455. The number of nitrogens with zero attached hydrogens (tertiary/aromatic N) is 2. The average molecular weight is 238 g/mol. The van der Waals surface area contributed by atoms with Crippen LogP contribution in [-0.4, -0.2) is 17.1 Å². The molecule has 0 radical (unpaired) electrons. The highest BCUT2D eigenvalue weighted by molar-refractivity contribution is 7.15. The molecule has 0 aliphatic carbocycles. The summed E-state index contributed by atoms with van der Waals surface area (Å²) in [6.45, 7) is 2.42. The summed E-state index contributed by atoms with van der Waals surface area (Å²) >= 11 is 1.49. The zero-order valence-electron chi connectivity index (χ0n) is 9.25. The first-order valence-electron chi connectivity index (χ1n) is 5.04. The Hall–Kier alpha value is -1.33. The Kier molecular flexibility index (Phi) is 3.26. The summed E-state index contributed by atoms with van der Waals surface area (Å²) in [6.07, 6.45) is 2.92. The van der Waals surface area contributed by atoms with Gasteiger partial charge in [-0.1, -0.05) is 11.3 Å². The Bertz CT molecular complexity index is 437. The van der Waals surface area contributed by atoms with E-state index in [0.29, 0.717) is 6.54 Å². The van der Waals surface area contributed by atoms with Crippen molar-refractivity contribution in [2.75, 3.05) is 11.9 Å². The van der Waals surface area contributed by atoms with E-state index in [4.69, 9.17) is 4.42 Å². The summed E-state index contributed by atoms with van der Waals surface area (Å²) in [5.74, 6) is 0.899. The first kappa shape index (κ1) is 11.2. The first-order valence-corrected chi connectivity index (χ1v) is 5.86. The molecule has 0 fully saturated rings. The van der Waals surface area contributed by atoms with E-state index in [2.05, 4.69) is 4.98 Å². The Morgan fingerprint density at radius 2 is 2.44 bits per heavy atom. The van der Waals surface area contributed by atoms with Crippen molar-refractivity contribution >= 4 is 16.5 Å². The van der Waals surface area contributed by atoms with Gasteiger partial charge in [-0.25, -0.2) is 4.98 Å². The highest BCUT2D eigenvalue weighted by Gasteiger charge is 2.11. The number of thiazole rings is 1. The molecule has 4 nitrogen and oxygen atoms in total. The van der Waals surface area contributed by atoms with Crippen LogP contribution in [0.15, 0.2) is 29.0 Å². The fourth-order valence-corrected chi connectivity index (χ4v) is 2.16. The molecule has 0 aromatic carbocycles. The molecule has 2 aromatic heterocycles. The van der Waals surface area contributed by atoms with E-state index >= 15 is 0 Å². The third-order valence-corrected chi connectivity index (χ3v) is 3.50. The maximum atomic E-state index is 9.41. The third kappa shape index (κ3) is 2.43. The van der Waals surface area contributed by atoms with Gasteiger partial charge in [-0.15, -0.1) is 0 Å². The molecular formula is C11H14N2O2S. The maximum absolute atomic E-state index is 9.41. The van der Waals surface area contributed by atoms with Gasteiger partial charge in [0.1, 0.15) is 5.76 Å². The van der Waals surface area contributed by atoms with Crippen molar-refractivity contribution in [2.24, 2.45) is 0 Å². The van der Waals surface area contributed by atoms with Crippen LogP contribution in [-0.2, 0) is 6.54 Å². The Morgan fingerprint density at radius 1 is 1.62 bits per heavy atom. The standard InChI is InChI=1S/C11H14N2O2S/c1-8(14)10-6-12-11(16-10)13(2)7-9-4-3-5-15-9/h3-6,8,14H,7H2,1-2H3. The fourth-order valence-electron chi connectivity index (χ4n) is 1.35. The molecule has 2 aromatic rings. The van der Waals surface area contributed by atoms with Crippen LogP contribution in [0.1, 0.15) is 23.7 Å². The predicted molar refractivity (Wildman–Crippen MR) is 63.6 cm³/mol. The van der Waals surface area contributed by atoms with Crippen LogP contribution >= 0.6 is 11.3 Å². The van der Waals surface area contributed by atoms with E-state index in [1.54, 1.807) is 19.4 Å². The molecule has 1 N–H and O–H groups in total. The molecule has 1 unspecified atom stereocenters. The number of hydrogen-bond acceptors (Lipinski definition) is 5. The molecule has 0 aliphatic rings. The molecular weight excluding hydrogens is 224 g/mol. The highest BCUT2D eigenvalue weighted by atomic mass is 32.1. The second-order valence-electron chi connectivity index (χ2n) is 3.66. The van der Waals surface area contributed by atoms with Crippen LogP contribution in [0.25, 0.3) is 0 Å². The van der Waals surface area contributed by atoms with Crippen molar-refractivity contribution in [3.05, 3.63) is 35.2 Å². The van der Waals surface area contributed by atoms with Gasteiger partial charge in [-0.2, -0.15) is 0 Å². The molecule has 86 valence electrons. The second-order valence-corrected chi connectivity index (χ2v) is 4.70. The van der Waals surface area contributed by atoms with Crippen LogP contribution in [0.2, 0.25) is 0 Å². The Labute approximate surface area is 98.2 Å². The minimum atomic E-state index is -0.455. The van der Waals surface area contributed by atoms with E-state index in [0.717, 1.165) is 15.8 Å². The Balaban J connectivity index is 2.06. The summed E-state index contributed by atoms with van der Waals surface area (Å²) in [6, 6.07) is 3.80. The third-order valence-electron chi connectivity index (χ3n) is 2.22. The molecule has 0 spiro atoms. The molecule has 16 heavy (non-hydrogen) atoms. The topological polar surface area (TPSA) is 49.5 Å². The van der Waals surface area contributed by atoms with E-state index in [9.17, 15) is 5.11 Å². The summed E-state index contributed by atoms with van der Waals surface area (Å²) in [7, 11) is 1.95. The van der Waals surface area contributed by atoms with Gasteiger partial charge >= 0.3 is 0 Å². The van der Waals surface area contributed by atoms with Crippen molar-refractivity contribution in [2.45, 2.75) is 19.6 Å². The van der Waals surface area contributed by atoms with Crippen LogP contribution in [0, 0.1) is 0 Å². The lowest BCUT2D eigenvalue weighted by atomic mass is 10.4. The molecule has 0 amide bonds. The van der Waals surface area contributed by atoms with Crippen molar-refractivity contribution in [1.82, 2.24) is 4.98 Å². The number of aromatic nitrogens is 1. The number of anilines is 1. The van der Waals surface area contributed by atoms with Crippen molar-refractivity contribution in [3.8, 4) is 0 Å². The quantitative estimate of drug-likeness (QED) is 0.888. The normalized spacial score (nSPS) is 12.7. The SMILES string of the molecule is CC(O)c1cnc(N(C)Cc2ccco2)s1. The van der Waals surface area contributed by atoms with Gasteiger partial charge in [0.2, 0.25) is 0 Å². The lowest BCUT2D eigenvalue weighted by molar-refractivity contribution is 0.203. The van der Waals surface area contributed by atoms with Gasteiger partial charge in [0.15, 0.2) is 5.13 Å². The fraction of sp³-hybridized carbons (Fsp3) is 0.364. The lowest BCUT2D eigenvalue weighted by Crippen LogP contribution is -2.15. The van der Waals surface area contributed by atoms with Gasteiger partial charge in [0.25, 0.3) is 0 Å². The summed E-state index contributed by atoms with van der Waals surface area (Å²) in [5.41, 5.74) is 0. The second kappa shape index (κ2) is 4.67. The summed E-state index contributed by atoms with van der Waals surface area (Å²) in [5, 5.41) is 10.3. The van der Waals surface area contributed by atoms with Gasteiger partial charge in [-0.3, -0.25) is 0 Å². The molecule has 0 saturated carbocycles. The summed E-state index contributed by atoms with van der Waals surface area (Å²) in [4.78, 5) is 7.13. The number of aliphatic hydroxyl groups is 1. The smallest absolute Gasteiger partial charge is 0.185 e. The van der Waals surface area contributed by atoms with Crippen molar-refractivity contribution < 1.29 is 9.52 Å². The molecule has 2 rings (SSSR count). The maximum Gasteiger partial charge on any atom is 0.185 e. The van der Waals surface area contributed by atoms with Crippen molar-refractivity contribution in [1.29, 1.82) is 0 Å². The molecule has 5 heteroatoms. The largest absolute Gasteiger partial charge is 0.467 e. The van der Waals surface area contributed by atoms with Crippen LogP contribution in [0.5, 0.6) is 0 Å². The number of furan rings is 1. The number of aliphatic hydroxyl groups excluding tert-OH is 1. The van der Waals surface area contributed by atoms with Crippen molar-refractivity contribution in [3.63, 3.8) is 0 Å². The first-order chi connectivity index (χ1) is 7.66. The van der Waals surface area contributed by atoms with Crippen LogP contribution < -0.4 is 4.90 Å². The van der Waals surface area contributed by atoms with E-state index in [1.807, 2.05) is 24.1 Å². The van der Waals surface area contributed by atoms with E-state index in [1.165, 1.54) is 11.3 Å². The Morgan fingerprint density at radius 3 is 3.00 bits per heavy atom. The van der Waals surface area contributed by atoms with Gasteiger partial charge in [0.05, 0.1) is 23.8 Å². The zero-order chi connectivity index (χ0) is 11.5. The van der Waals surface area contributed by atoms with E-state index < -0.39 is 6.10 Å². The van der Waals surface area contributed by atoms with Gasteiger partial charge in [0, 0.05) is 13.2 Å². The van der Waals surface area contributed by atoms with Crippen LogP contribution in [0.4, 0.5) is 5.13 Å². The van der Waals surface area contributed by atoms with Gasteiger partial charge < -0.3 is 14.4 Å². The zero-order valence-corrected chi connectivity index (χ0v) is 10.1. The van der Waals surface area contributed by atoms with Crippen LogP contribution in [0.3, 0.4) is 0 Å². The molecule has 0 bridgehead atoms. The monoisotopic (exact) mass is 238 g/mol. The molecule has 0 saturated heterocycles. The highest BCUT2D eigenvalue weighted by Crippen LogP contribution is 2.27. The lowest BCUT2D eigenvalue weighted by Gasteiger charge is -2.13. The number of hydrogen-bond donors (Lipinski definition) is 1. The predicted octanol–water partition coefficient (Wildman–Crippen LogP) is 2.43. The average Bonchev–Trinajstić information content (AvgIpc) is 2.86. The molecule has 0 aliphatic heterocycles. The number of rotatable bonds is 4. The molecule has 2 heterocycles. The summed E-state index contributed by atoms with van der Waals surface area (Å²) < 4.78 is 5.27. The van der Waals surface area contributed by atoms with E-state index in [-0.39, 0.29) is 0 Å². The van der Waals surface area contributed by atoms with Gasteiger partial charge in [-0.05, 0) is 19.1 Å². The minimum Gasteiger partial charge on any atom is -0.467 e.